The van der Waals surface area contributed by atoms with Crippen molar-refractivity contribution in [3.05, 3.63) is 63.1 Å². The lowest BCUT2D eigenvalue weighted by molar-refractivity contribution is -0.119. The molecule has 0 atom stereocenters. The number of amides is 1. The fraction of sp³-hybridized carbons (Fsp3) is 0.176. The van der Waals surface area contributed by atoms with Gasteiger partial charge in [0, 0.05) is 16.3 Å². The number of nitrogens with one attached hydrogen (secondary N) is 2. The van der Waals surface area contributed by atoms with Gasteiger partial charge in [-0.25, -0.2) is 5.43 Å². The van der Waals surface area contributed by atoms with Crippen LogP contribution in [0.1, 0.15) is 16.7 Å². The molecular formula is C17H17Cl2N3O. The Hall–Kier alpha value is -2.04. The summed E-state index contributed by atoms with van der Waals surface area (Å²) in [6.07, 6.45) is 1.48. The Morgan fingerprint density at radius 3 is 2.61 bits per heavy atom. The van der Waals surface area contributed by atoms with E-state index in [1.807, 2.05) is 32.0 Å². The van der Waals surface area contributed by atoms with Gasteiger partial charge in [-0.3, -0.25) is 4.79 Å². The number of anilines is 1. The molecule has 6 heteroatoms. The van der Waals surface area contributed by atoms with Crippen LogP contribution in [0.2, 0.25) is 10.0 Å². The second kappa shape index (κ2) is 7.99. The van der Waals surface area contributed by atoms with Crippen LogP contribution in [0.5, 0.6) is 0 Å². The van der Waals surface area contributed by atoms with Crippen LogP contribution < -0.4 is 10.7 Å². The molecule has 0 saturated carbocycles. The molecule has 2 rings (SSSR count). The molecule has 0 saturated heterocycles. The van der Waals surface area contributed by atoms with E-state index in [1.54, 1.807) is 18.2 Å². The van der Waals surface area contributed by atoms with Crippen LogP contribution in [-0.2, 0) is 4.79 Å². The second-order valence-corrected chi connectivity index (χ2v) is 5.96. The van der Waals surface area contributed by atoms with Crippen molar-refractivity contribution in [3.63, 3.8) is 0 Å². The highest BCUT2D eigenvalue weighted by Gasteiger charge is 2.02. The van der Waals surface area contributed by atoms with E-state index < -0.39 is 0 Å². The molecule has 23 heavy (non-hydrogen) atoms. The van der Waals surface area contributed by atoms with Gasteiger partial charge in [0.1, 0.15) is 0 Å². The summed E-state index contributed by atoms with van der Waals surface area (Å²) in [5.74, 6) is -0.246. The lowest BCUT2D eigenvalue weighted by Gasteiger charge is -2.07. The quantitative estimate of drug-likeness (QED) is 0.628. The molecule has 0 aliphatic heterocycles. The zero-order valence-corrected chi connectivity index (χ0v) is 14.4. The van der Waals surface area contributed by atoms with Crippen molar-refractivity contribution in [1.82, 2.24) is 5.43 Å². The molecule has 120 valence electrons. The van der Waals surface area contributed by atoms with Crippen LogP contribution in [-0.4, -0.2) is 18.7 Å². The number of halogens is 2. The van der Waals surface area contributed by atoms with E-state index in [9.17, 15) is 4.79 Å². The van der Waals surface area contributed by atoms with Crippen molar-refractivity contribution < 1.29 is 4.79 Å². The molecule has 0 bridgehead atoms. The summed E-state index contributed by atoms with van der Waals surface area (Å²) >= 11 is 11.8. The fourth-order valence-corrected chi connectivity index (χ4v) is 2.31. The van der Waals surface area contributed by atoms with Crippen LogP contribution in [0, 0.1) is 13.8 Å². The number of nitrogens with zero attached hydrogens (tertiary/aromatic N) is 1. The number of benzene rings is 2. The highest BCUT2D eigenvalue weighted by atomic mass is 35.5. The van der Waals surface area contributed by atoms with Crippen molar-refractivity contribution >= 4 is 41.0 Å². The molecule has 0 unspecified atom stereocenters. The van der Waals surface area contributed by atoms with Gasteiger partial charge in [-0.15, -0.1) is 0 Å². The van der Waals surface area contributed by atoms with Gasteiger partial charge >= 0.3 is 0 Å². The summed E-state index contributed by atoms with van der Waals surface area (Å²) in [6, 6.07) is 11.0. The number of rotatable bonds is 5. The third-order valence-corrected chi connectivity index (χ3v) is 3.88. The molecule has 0 radical (unpaired) electrons. The molecule has 1 amide bonds. The van der Waals surface area contributed by atoms with E-state index in [1.165, 1.54) is 17.3 Å². The third-order valence-electron chi connectivity index (χ3n) is 3.32. The molecule has 4 nitrogen and oxygen atoms in total. The molecule has 0 fully saturated rings. The Morgan fingerprint density at radius 1 is 1.13 bits per heavy atom. The highest BCUT2D eigenvalue weighted by molar-refractivity contribution is 6.36. The van der Waals surface area contributed by atoms with E-state index in [0.29, 0.717) is 15.6 Å². The second-order valence-electron chi connectivity index (χ2n) is 5.11. The van der Waals surface area contributed by atoms with Crippen molar-refractivity contribution in [2.75, 3.05) is 11.9 Å². The number of aryl methyl sites for hydroxylation is 2. The lowest BCUT2D eigenvalue weighted by Crippen LogP contribution is -2.25. The van der Waals surface area contributed by atoms with Crippen LogP contribution in [0.4, 0.5) is 5.69 Å². The minimum atomic E-state index is -0.246. The maximum Gasteiger partial charge on any atom is 0.259 e. The number of hydrogen-bond donors (Lipinski definition) is 2. The molecule has 2 aromatic rings. The minimum Gasteiger partial charge on any atom is -0.376 e. The summed E-state index contributed by atoms with van der Waals surface area (Å²) < 4.78 is 0. The number of hydrazone groups is 1. The van der Waals surface area contributed by atoms with E-state index >= 15 is 0 Å². The van der Waals surface area contributed by atoms with Crippen LogP contribution >= 0.6 is 23.2 Å². The largest absolute Gasteiger partial charge is 0.376 e. The van der Waals surface area contributed by atoms with Gasteiger partial charge in [0.2, 0.25) is 0 Å². The van der Waals surface area contributed by atoms with Gasteiger partial charge in [0.15, 0.2) is 0 Å². The molecule has 0 aliphatic rings. The Bertz CT molecular complexity index is 745. The Kier molecular flexibility index (Phi) is 6.02. The highest BCUT2D eigenvalue weighted by Crippen LogP contribution is 2.19. The normalized spacial score (nSPS) is 10.8. The predicted molar refractivity (Wildman–Crippen MR) is 96.6 cm³/mol. The average Bonchev–Trinajstić information content (AvgIpc) is 2.50. The summed E-state index contributed by atoms with van der Waals surface area (Å²) in [4.78, 5) is 11.8. The van der Waals surface area contributed by atoms with Gasteiger partial charge in [0.05, 0.1) is 17.8 Å². The SMILES string of the molecule is Cc1ccc(NCC(=O)N/N=C/c2ccc(Cl)cc2Cl)cc1C. The van der Waals surface area contributed by atoms with E-state index in [-0.39, 0.29) is 12.5 Å². The number of hydrogen-bond acceptors (Lipinski definition) is 3. The molecule has 0 aromatic heterocycles. The van der Waals surface area contributed by atoms with Gasteiger partial charge < -0.3 is 5.32 Å². The first-order valence-corrected chi connectivity index (χ1v) is 7.79. The van der Waals surface area contributed by atoms with Crippen molar-refractivity contribution in [1.29, 1.82) is 0 Å². The minimum absolute atomic E-state index is 0.133. The summed E-state index contributed by atoms with van der Waals surface area (Å²) in [5, 5.41) is 7.96. The Morgan fingerprint density at radius 2 is 1.91 bits per heavy atom. The van der Waals surface area contributed by atoms with Gasteiger partial charge in [-0.2, -0.15) is 5.10 Å². The maximum absolute atomic E-state index is 11.8. The topological polar surface area (TPSA) is 53.5 Å². The van der Waals surface area contributed by atoms with Gasteiger partial charge in [-0.1, -0.05) is 35.3 Å². The maximum atomic E-state index is 11.8. The molecule has 2 N–H and O–H groups in total. The zero-order chi connectivity index (χ0) is 16.8. The third kappa shape index (κ3) is 5.27. The summed E-state index contributed by atoms with van der Waals surface area (Å²) in [7, 11) is 0. The number of carbonyl (C=O) groups excluding carboxylic acids is 1. The monoisotopic (exact) mass is 349 g/mol. The Balaban J connectivity index is 1.85. The van der Waals surface area contributed by atoms with Crippen LogP contribution in [0.15, 0.2) is 41.5 Å². The molecule has 0 aliphatic carbocycles. The average molecular weight is 350 g/mol. The first-order chi connectivity index (χ1) is 11.0. The smallest absolute Gasteiger partial charge is 0.259 e. The first kappa shape index (κ1) is 17.3. The van der Waals surface area contributed by atoms with Crippen molar-refractivity contribution in [3.8, 4) is 0 Å². The fourth-order valence-electron chi connectivity index (χ4n) is 1.85. The van der Waals surface area contributed by atoms with Crippen molar-refractivity contribution in [2.45, 2.75) is 13.8 Å². The zero-order valence-electron chi connectivity index (χ0n) is 12.9. The van der Waals surface area contributed by atoms with Crippen molar-refractivity contribution in [2.24, 2.45) is 5.10 Å². The van der Waals surface area contributed by atoms with Crippen LogP contribution in [0.3, 0.4) is 0 Å². The Labute approximate surface area is 145 Å². The number of carbonyl (C=O) groups is 1. The van der Waals surface area contributed by atoms with Gasteiger partial charge in [0.25, 0.3) is 5.91 Å². The molecule has 0 spiro atoms. The summed E-state index contributed by atoms with van der Waals surface area (Å²) in [6.45, 7) is 4.21. The van der Waals surface area contributed by atoms with E-state index in [0.717, 1.165) is 5.69 Å². The summed E-state index contributed by atoms with van der Waals surface area (Å²) in [5.41, 5.74) is 6.41. The standard InChI is InChI=1S/C17H17Cl2N3O/c1-11-3-6-15(7-12(11)2)20-10-17(23)22-21-9-13-4-5-14(18)8-16(13)19/h3-9,20H,10H2,1-2H3,(H,22,23)/b21-9+. The first-order valence-electron chi connectivity index (χ1n) is 7.04. The lowest BCUT2D eigenvalue weighted by atomic mass is 10.1. The van der Waals surface area contributed by atoms with Crippen LogP contribution in [0.25, 0.3) is 0 Å². The molecular weight excluding hydrogens is 333 g/mol. The van der Waals surface area contributed by atoms with Gasteiger partial charge in [-0.05, 0) is 49.2 Å². The van der Waals surface area contributed by atoms with E-state index in [2.05, 4.69) is 15.8 Å². The predicted octanol–water partition coefficient (Wildman–Crippen LogP) is 4.17. The van der Waals surface area contributed by atoms with E-state index in [4.69, 9.17) is 23.2 Å². The molecule has 2 aromatic carbocycles. The molecule has 0 heterocycles.